The van der Waals surface area contributed by atoms with Crippen molar-refractivity contribution in [3.05, 3.63) is 56.7 Å². The predicted octanol–water partition coefficient (Wildman–Crippen LogP) is 4.10. The molecule has 8 heteroatoms. The summed E-state index contributed by atoms with van der Waals surface area (Å²) < 4.78 is 1.40. The van der Waals surface area contributed by atoms with Crippen LogP contribution in [0.25, 0.3) is 28.6 Å². The number of hydrogen-bond acceptors (Lipinski definition) is 4. The molecule has 1 saturated carbocycles. The standard InChI is InChI=1S/C24H28N4O4/c1-2-6-18(16-7-4-3-5-8-16)28-23(31)20-22(27-24(28)32)26-21(25-20)17-12-9-15(10-13-17)11-14-19(29)30/h9-14,16,18H,2-8H2,1H3,(H,25,26)(H,27,32)(H,29,30). The molecule has 0 spiro atoms. The Labute approximate surface area is 185 Å². The van der Waals surface area contributed by atoms with E-state index in [1.54, 1.807) is 24.3 Å². The number of aromatic amines is 2. The number of aliphatic carboxylic acids is 1. The second-order valence-corrected chi connectivity index (χ2v) is 8.46. The number of aromatic nitrogens is 4. The van der Waals surface area contributed by atoms with E-state index in [2.05, 4.69) is 21.9 Å². The molecule has 0 aliphatic heterocycles. The number of nitrogens with zero attached hydrogens (tertiary/aromatic N) is 2. The smallest absolute Gasteiger partial charge is 0.330 e. The van der Waals surface area contributed by atoms with Gasteiger partial charge in [-0.15, -0.1) is 0 Å². The van der Waals surface area contributed by atoms with Crippen molar-refractivity contribution in [2.75, 3.05) is 0 Å². The number of benzene rings is 1. The van der Waals surface area contributed by atoms with Gasteiger partial charge in [0.25, 0.3) is 5.56 Å². The zero-order valence-corrected chi connectivity index (χ0v) is 18.1. The summed E-state index contributed by atoms with van der Waals surface area (Å²) in [7, 11) is 0. The van der Waals surface area contributed by atoms with Gasteiger partial charge in [0.05, 0.1) is 0 Å². The molecular weight excluding hydrogens is 408 g/mol. The van der Waals surface area contributed by atoms with Crippen LogP contribution in [0.1, 0.15) is 63.5 Å². The number of imidazole rings is 1. The molecule has 3 N–H and O–H groups in total. The maximum Gasteiger partial charge on any atom is 0.330 e. The van der Waals surface area contributed by atoms with Crippen LogP contribution >= 0.6 is 0 Å². The first-order valence-electron chi connectivity index (χ1n) is 11.2. The Morgan fingerprint density at radius 1 is 1.19 bits per heavy atom. The lowest BCUT2D eigenvalue weighted by Gasteiger charge is -2.30. The van der Waals surface area contributed by atoms with Gasteiger partial charge in [0.2, 0.25) is 0 Å². The van der Waals surface area contributed by atoms with E-state index in [9.17, 15) is 14.4 Å². The summed E-state index contributed by atoms with van der Waals surface area (Å²) in [4.78, 5) is 47.3. The number of carboxylic acids is 1. The minimum atomic E-state index is -1.01. The summed E-state index contributed by atoms with van der Waals surface area (Å²) in [5, 5.41) is 8.75. The lowest BCUT2D eigenvalue weighted by Crippen LogP contribution is -2.41. The van der Waals surface area contributed by atoms with Gasteiger partial charge in [0, 0.05) is 17.7 Å². The second kappa shape index (κ2) is 9.38. The van der Waals surface area contributed by atoms with Crippen molar-refractivity contribution in [1.29, 1.82) is 0 Å². The molecule has 8 nitrogen and oxygen atoms in total. The zero-order valence-electron chi connectivity index (χ0n) is 18.1. The fraction of sp³-hybridized carbons (Fsp3) is 0.417. The molecule has 0 bridgehead atoms. The van der Waals surface area contributed by atoms with Crippen LogP contribution in [0.5, 0.6) is 0 Å². The number of fused-ring (bicyclic) bond motifs is 1. The molecule has 1 unspecified atom stereocenters. The molecule has 1 aliphatic rings. The van der Waals surface area contributed by atoms with Gasteiger partial charge in [-0.1, -0.05) is 56.9 Å². The summed E-state index contributed by atoms with van der Waals surface area (Å²) in [6.07, 6.45) is 9.86. The van der Waals surface area contributed by atoms with E-state index in [0.29, 0.717) is 17.4 Å². The maximum absolute atomic E-state index is 13.4. The van der Waals surface area contributed by atoms with Crippen LogP contribution in [0, 0.1) is 5.92 Å². The van der Waals surface area contributed by atoms with E-state index < -0.39 is 11.7 Å². The third-order valence-corrected chi connectivity index (χ3v) is 6.29. The second-order valence-electron chi connectivity index (χ2n) is 8.46. The highest BCUT2D eigenvalue weighted by Gasteiger charge is 2.28. The van der Waals surface area contributed by atoms with Crippen molar-refractivity contribution in [1.82, 2.24) is 19.5 Å². The van der Waals surface area contributed by atoms with Gasteiger partial charge in [-0.05, 0) is 36.8 Å². The van der Waals surface area contributed by atoms with Crippen molar-refractivity contribution in [3.8, 4) is 11.4 Å². The van der Waals surface area contributed by atoms with Gasteiger partial charge in [0.1, 0.15) is 11.5 Å². The summed E-state index contributed by atoms with van der Waals surface area (Å²) in [5.41, 5.74) is 1.27. The van der Waals surface area contributed by atoms with E-state index in [0.717, 1.165) is 55.7 Å². The lowest BCUT2D eigenvalue weighted by atomic mass is 9.82. The molecule has 1 fully saturated rings. The molecule has 1 aliphatic carbocycles. The molecule has 168 valence electrons. The van der Waals surface area contributed by atoms with E-state index in [1.807, 2.05) is 0 Å². The minimum absolute atomic E-state index is 0.110. The summed E-state index contributed by atoms with van der Waals surface area (Å²) in [6, 6.07) is 7.00. The molecule has 1 atom stereocenters. The molecule has 0 radical (unpaired) electrons. The Kier molecular flexibility index (Phi) is 6.39. The van der Waals surface area contributed by atoms with Crippen LogP contribution in [0.3, 0.4) is 0 Å². The molecule has 32 heavy (non-hydrogen) atoms. The molecule has 4 rings (SSSR count). The summed E-state index contributed by atoms with van der Waals surface area (Å²) in [5.74, 6) is -0.199. The monoisotopic (exact) mass is 436 g/mol. The quantitative estimate of drug-likeness (QED) is 0.482. The minimum Gasteiger partial charge on any atom is -0.478 e. The van der Waals surface area contributed by atoms with Crippen LogP contribution in [0.4, 0.5) is 0 Å². The summed E-state index contributed by atoms with van der Waals surface area (Å²) >= 11 is 0. The van der Waals surface area contributed by atoms with Crippen LogP contribution in [0.2, 0.25) is 0 Å². The highest BCUT2D eigenvalue weighted by molar-refractivity contribution is 5.85. The molecule has 2 aromatic heterocycles. The van der Waals surface area contributed by atoms with E-state index >= 15 is 0 Å². The first-order chi connectivity index (χ1) is 15.5. The number of rotatable bonds is 7. The predicted molar refractivity (Wildman–Crippen MR) is 124 cm³/mol. The number of carboxylic acid groups (broad SMARTS) is 1. The number of carbonyl (C=O) groups is 1. The normalized spacial score (nSPS) is 16.0. The third-order valence-electron chi connectivity index (χ3n) is 6.29. The van der Waals surface area contributed by atoms with Crippen LogP contribution in [-0.4, -0.2) is 30.6 Å². The van der Waals surface area contributed by atoms with Gasteiger partial charge in [-0.3, -0.25) is 14.3 Å². The van der Waals surface area contributed by atoms with Crippen LogP contribution < -0.4 is 11.2 Å². The molecular formula is C24H28N4O4. The van der Waals surface area contributed by atoms with Crippen molar-refractivity contribution >= 4 is 23.2 Å². The Morgan fingerprint density at radius 2 is 1.91 bits per heavy atom. The largest absolute Gasteiger partial charge is 0.478 e. The third kappa shape index (κ3) is 4.44. The van der Waals surface area contributed by atoms with E-state index in [4.69, 9.17) is 5.11 Å². The van der Waals surface area contributed by atoms with Gasteiger partial charge < -0.3 is 10.1 Å². The molecule has 0 amide bonds. The summed E-state index contributed by atoms with van der Waals surface area (Å²) in [6.45, 7) is 2.08. The van der Waals surface area contributed by atoms with Crippen molar-refractivity contribution in [2.24, 2.45) is 5.92 Å². The van der Waals surface area contributed by atoms with E-state index in [-0.39, 0.29) is 17.1 Å². The average molecular weight is 437 g/mol. The van der Waals surface area contributed by atoms with Gasteiger partial charge in [0.15, 0.2) is 5.52 Å². The van der Waals surface area contributed by atoms with Gasteiger partial charge >= 0.3 is 11.7 Å². The van der Waals surface area contributed by atoms with Gasteiger partial charge in [-0.25, -0.2) is 14.6 Å². The SMILES string of the molecule is CCCC(C1CCCCC1)n1c(=O)[nH]c2[nH]c(-c3ccc(C=CC(=O)O)cc3)nc2c1=O. The Morgan fingerprint density at radius 3 is 2.56 bits per heavy atom. The van der Waals surface area contributed by atoms with E-state index in [1.165, 1.54) is 17.1 Å². The molecule has 2 heterocycles. The molecule has 1 aromatic carbocycles. The number of nitrogens with one attached hydrogen (secondary N) is 2. The van der Waals surface area contributed by atoms with Crippen molar-refractivity contribution < 1.29 is 9.90 Å². The number of hydrogen-bond donors (Lipinski definition) is 3. The molecule has 0 saturated heterocycles. The zero-order chi connectivity index (χ0) is 22.7. The van der Waals surface area contributed by atoms with Gasteiger partial charge in [-0.2, -0.15) is 0 Å². The molecule has 3 aromatic rings. The highest BCUT2D eigenvalue weighted by Crippen LogP contribution is 2.34. The Balaban J connectivity index is 1.72. The Hall–Kier alpha value is -3.42. The Bertz CT molecular complexity index is 1240. The van der Waals surface area contributed by atoms with Crippen molar-refractivity contribution in [2.45, 2.75) is 57.9 Å². The first kappa shape index (κ1) is 21.8. The topological polar surface area (TPSA) is 121 Å². The van der Waals surface area contributed by atoms with Crippen LogP contribution in [-0.2, 0) is 4.79 Å². The highest BCUT2D eigenvalue weighted by atomic mass is 16.4. The first-order valence-corrected chi connectivity index (χ1v) is 11.2. The average Bonchev–Trinajstić information content (AvgIpc) is 3.22. The van der Waals surface area contributed by atoms with Crippen LogP contribution in [0.15, 0.2) is 39.9 Å². The van der Waals surface area contributed by atoms with Crippen molar-refractivity contribution in [3.63, 3.8) is 0 Å². The maximum atomic E-state index is 13.4. The fourth-order valence-electron chi connectivity index (χ4n) is 4.74. The fourth-order valence-corrected chi connectivity index (χ4v) is 4.74. The lowest BCUT2D eigenvalue weighted by molar-refractivity contribution is -0.131. The number of H-pyrrole nitrogens is 2.